The smallest absolute Gasteiger partial charge is 0.123 e. The number of hydrogen-bond acceptors (Lipinski definition) is 3. The standard InChI is InChI=1S/C10H14FNO2/c1-10(12,6-14)9-4-8(11)3-2-7(9)5-13/h2-4,13-14H,5-6,12H2,1H3. The summed E-state index contributed by atoms with van der Waals surface area (Å²) in [5, 5.41) is 18.0. The molecule has 0 bridgehead atoms. The Morgan fingerprint density at radius 2 is 2.07 bits per heavy atom. The van der Waals surface area contributed by atoms with Crippen molar-refractivity contribution in [2.45, 2.75) is 19.1 Å². The van der Waals surface area contributed by atoms with Gasteiger partial charge in [-0.2, -0.15) is 0 Å². The van der Waals surface area contributed by atoms with Crippen molar-refractivity contribution in [2.24, 2.45) is 5.73 Å². The summed E-state index contributed by atoms with van der Waals surface area (Å²) in [4.78, 5) is 0. The predicted octanol–water partition coefficient (Wildman–Crippen LogP) is 0.484. The molecule has 78 valence electrons. The van der Waals surface area contributed by atoms with Crippen LogP contribution in [0.25, 0.3) is 0 Å². The third-order valence-corrected chi connectivity index (χ3v) is 2.19. The maximum absolute atomic E-state index is 12.9. The van der Waals surface area contributed by atoms with Gasteiger partial charge in [0.25, 0.3) is 0 Å². The lowest BCUT2D eigenvalue weighted by Gasteiger charge is -2.24. The molecule has 4 N–H and O–H groups in total. The Bertz CT molecular complexity index is 326. The summed E-state index contributed by atoms with van der Waals surface area (Å²) in [6.07, 6.45) is 0. The molecule has 1 aromatic rings. The zero-order valence-electron chi connectivity index (χ0n) is 8.00. The predicted molar refractivity (Wildman–Crippen MR) is 50.9 cm³/mol. The Hall–Kier alpha value is -0.970. The molecule has 0 aliphatic rings. The van der Waals surface area contributed by atoms with Crippen LogP contribution in [0, 0.1) is 5.82 Å². The van der Waals surface area contributed by atoms with Gasteiger partial charge >= 0.3 is 0 Å². The van der Waals surface area contributed by atoms with Gasteiger partial charge in [-0.25, -0.2) is 4.39 Å². The Morgan fingerprint density at radius 1 is 1.43 bits per heavy atom. The Balaban J connectivity index is 3.23. The monoisotopic (exact) mass is 199 g/mol. The molecule has 1 unspecified atom stereocenters. The summed E-state index contributed by atoms with van der Waals surface area (Å²) in [5.41, 5.74) is 5.69. The van der Waals surface area contributed by atoms with Crippen LogP contribution in [-0.4, -0.2) is 16.8 Å². The van der Waals surface area contributed by atoms with E-state index in [1.165, 1.54) is 18.2 Å². The summed E-state index contributed by atoms with van der Waals surface area (Å²) in [6, 6.07) is 3.95. The molecule has 0 saturated carbocycles. The molecular formula is C10H14FNO2. The van der Waals surface area contributed by atoms with E-state index in [2.05, 4.69) is 0 Å². The van der Waals surface area contributed by atoms with E-state index in [0.29, 0.717) is 11.1 Å². The molecule has 0 saturated heterocycles. The zero-order chi connectivity index (χ0) is 10.8. The second-order valence-electron chi connectivity index (χ2n) is 3.54. The van der Waals surface area contributed by atoms with Crippen LogP contribution < -0.4 is 5.73 Å². The first-order valence-electron chi connectivity index (χ1n) is 4.31. The molecule has 0 radical (unpaired) electrons. The van der Waals surface area contributed by atoms with Crippen LogP contribution in [0.1, 0.15) is 18.1 Å². The normalized spacial score (nSPS) is 15.2. The number of halogens is 1. The minimum absolute atomic E-state index is 0.220. The van der Waals surface area contributed by atoms with Gasteiger partial charge in [-0.3, -0.25) is 0 Å². The lowest BCUT2D eigenvalue weighted by molar-refractivity contribution is 0.205. The van der Waals surface area contributed by atoms with Crippen molar-refractivity contribution in [3.8, 4) is 0 Å². The van der Waals surface area contributed by atoms with Crippen molar-refractivity contribution in [2.75, 3.05) is 6.61 Å². The van der Waals surface area contributed by atoms with Crippen molar-refractivity contribution in [3.63, 3.8) is 0 Å². The van der Waals surface area contributed by atoms with E-state index in [-0.39, 0.29) is 13.2 Å². The molecule has 0 spiro atoms. The zero-order valence-corrected chi connectivity index (χ0v) is 8.00. The topological polar surface area (TPSA) is 66.5 Å². The third-order valence-electron chi connectivity index (χ3n) is 2.19. The highest BCUT2D eigenvalue weighted by Crippen LogP contribution is 2.22. The molecular weight excluding hydrogens is 185 g/mol. The number of nitrogens with two attached hydrogens (primary N) is 1. The number of rotatable bonds is 3. The fourth-order valence-electron chi connectivity index (χ4n) is 1.30. The molecule has 14 heavy (non-hydrogen) atoms. The second kappa shape index (κ2) is 4.04. The minimum atomic E-state index is -1.03. The van der Waals surface area contributed by atoms with Crippen LogP contribution in [0.3, 0.4) is 0 Å². The SMILES string of the molecule is CC(N)(CO)c1cc(F)ccc1CO. The van der Waals surface area contributed by atoms with E-state index >= 15 is 0 Å². The van der Waals surface area contributed by atoms with Crippen LogP contribution in [-0.2, 0) is 12.1 Å². The van der Waals surface area contributed by atoms with Crippen molar-refractivity contribution < 1.29 is 14.6 Å². The van der Waals surface area contributed by atoms with Crippen molar-refractivity contribution in [1.29, 1.82) is 0 Å². The molecule has 0 aliphatic heterocycles. The van der Waals surface area contributed by atoms with Crippen molar-refractivity contribution in [3.05, 3.63) is 35.1 Å². The molecule has 3 nitrogen and oxygen atoms in total. The average Bonchev–Trinajstić information content (AvgIpc) is 2.18. The highest BCUT2D eigenvalue weighted by molar-refractivity contribution is 5.33. The minimum Gasteiger partial charge on any atom is -0.394 e. The molecule has 0 fully saturated rings. The summed E-state index contributed by atoms with van der Waals surface area (Å²) in [7, 11) is 0. The number of hydrogen-bond donors (Lipinski definition) is 3. The van der Waals surface area contributed by atoms with Gasteiger partial charge in [0.05, 0.1) is 18.8 Å². The first-order chi connectivity index (χ1) is 6.51. The Morgan fingerprint density at radius 3 is 2.57 bits per heavy atom. The maximum atomic E-state index is 12.9. The number of benzene rings is 1. The quantitative estimate of drug-likeness (QED) is 0.663. The first-order valence-corrected chi connectivity index (χ1v) is 4.31. The largest absolute Gasteiger partial charge is 0.394 e. The molecule has 0 heterocycles. The first kappa shape index (κ1) is 11.1. The van der Waals surface area contributed by atoms with E-state index in [9.17, 15) is 4.39 Å². The molecule has 0 aliphatic carbocycles. The molecule has 0 amide bonds. The molecule has 4 heteroatoms. The lowest BCUT2D eigenvalue weighted by Crippen LogP contribution is -2.38. The van der Waals surface area contributed by atoms with E-state index in [0.717, 1.165) is 0 Å². The highest BCUT2D eigenvalue weighted by atomic mass is 19.1. The Labute approximate surface area is 82.0 Å². The van der Waals surface area contributed by atoms with Gasteiger partial charge < -0.3 is 15.9 Å². The second-order valence-corrected chi connectivity index (χ2v) is 3.54. The van der Waals surface area contributed by atoms with Crippen LogP contribution in [0.2, 0.25) is 0 Å². The van der Waals surface area contributed by atoms with Gasteiger partial charge in [-0.1, -0.05) is 6.07 Å². The molecule has 1 aromatic carbocycles. The van der Waals surface area contributed by atoms with Crippen LogP contribution in [0.5, 0.6) is 0 Å². The Kier molecular flexibility index (Phi) is 3.21. The summed E-state index contributed by atoms with van der Waals surface area (Å²) < 4.78 is 12.9. The van der Waals surface area contributed by atoms with Crippen molar-refractivity contribution in [1.82, 2.24) is 0 Å². The maximum Gasteiger partial charge on any atom is 0.123 e. The fourth-order valence-corrected chi connectivity index (χ4v) is 1.30. The van der Waals surface area contributed by atoms with Crippen LogP contribution >= 0.6 is 0 Å². The molecule has 0 aromatic heterocycles. The molecule has 1 rings (SSSR count). The third kappa shape index (κ3) is 2.09. The summed E-state index contributed by atoms with van der Waals surface area (Å²) >= 11 is 0. The summed E-state index contributed by atoms with van der Waals surface area (Å²) in [5.74, 6) is -0.428. The van der Waals surface area contributed by atoms with Gasteiger partial charge in [0, 0.05) is 0 Å². The fraction of sp³-hybridized carbons (Fsp3) is 0.400. The van der Waals surface area contributed by atoms with Gasteiger partial charge in [-0.15, -0.1) is 0 Å². The van der Waals surface area contributed by atoms with Crippen LogP contribution in [0.15, 0.2) is 18.2 Å². The van der Waals surface area contributed by atoms with E-state index < -0.39 is 11.4 Å². The van der Waals surface area contributed by atoms with E-state index in [4.69, 9.17) is 15.9 Å². The highest BCUT2D eigenvalue weighted by Gasteiger charge is 2.23. The number of aliphatic hydroxyl groups excluding tert-OH is 2. The van der Waals surface area contributed by atoms with Crippen LogP contribution in [0.4, 0.5) is 4.39 Å². The van der Waals surface area contributed by atoms with Gasteiger partial charge in [-0.05, 0) is 30.2 Å². The average molecular weight is 199 g/mol. The summed E-state index contributed by atoms with van der Waals surface area (Å²) in [6.45, 7) is 1.06. The lowest BCUT2D eigenvalue weighted by atomic mass is 9.90. The van der Waals surface area contributed by atoms with Gasteiger partial charge in [0.2, 0.25) is 0 Å². The number of aliphatic hydroxyl groups is 2. The van der Waals surface area contributed by atoms with Crippen molar-refractivity contribution >= 4 is 0 Å². The van der Waals surface area contributed by atoms with Gasteiger partial charge in [0.15, 0.2) is 0 Å². The van der Waals surface area contributed by atoms with E-state index in [1.807, 2.05) is 0 Å². The van der Waals surface area contributed by atoms with Gasteiger partial charge in [0.1, 0.15) is 5.82 Å². The van der Waals surface area contributed by atoms with E-state index in [1.54, 1.807) is 6.92 Å². The molecule has 1 atom stereocenters.